The van der Waals surface area contributed by atoms with E-state index in [1.165, 1.54) is 7.11 Å². The molecule has 0 spiro atoms. The Bertz CT molecular complexity index is 817. The van der Waals surface area contributed by atoms with E-state index in [4.69, 9.17) is 30.5 Å². The molecular weight excluding hydrogens is 386 g/mol. The molecule has 8 heteroatoms. The number of carbonyl (C=O) groups excluding carboxylic acids is 2. The second-order valence-corrected chi connectivity index (χ2v) is 6.19. The molecular formula is C20H22ClNO6. The van der Waals surface area contributed by atoms with Gasteiger partial charge < -0.3 is 24.3 Å². The van der Waals surface area contributed by atoms with Gasteiger partial charge in [-0.25, -0.2) is 0 Å². The summed E-state index contributed by atoms with van der Waals surface area (Å²) in [5, 5.41) is 2.97. The van der Waals surface area contributed by atoms with Crippen molar-refractivity contribution in [3.05, 3.63) is 47.0 Å². The second-order valence-electron chi connectivity index (χ2n) is 5.78. The molecule has 2 rings (SSSR count). The van der Waals surface area contributed by atoms with Gasteiger partial charge in [0, 0.05) is 18.2 Å². The predicted molar refractivity (Wildman–Crippen MR) is 105 cm³/mol. The quantitative estimate of drug-likeness (QED) is 0.641. The Kier molecular flexibility index (Phi) is 7.95. The van der Waals surface area contributed by atoms with E-state index in [-0.39, 0.29) is 13.0 Å². The number of aryl methyl sites for hydroxylation is 1. The highest BCUT2D eigenvalue weighted by Gasteiger charge is 2.11. The van der Waals surface area contributed by atoms with Crippen molar-refractivity contribution < 1.29 is 28.5 Å². The van der Waals surface area contributed by atoms with Crippen LogP contribution in [-0.4, -0.2) is 39.8 Å². The molecule has 0 aliphatic rings. The average molecular weight is 408 g/mol. The van der Waals surface area contributed by atoms with Gasteiger partial charge in [0.05, 0.1) is 26.4 Å². The van der Waals surface area contributed by atoms with Crippen LogP contribution in [0, 0.1) is 0 Å². The molecule has 0 aromatic heterocycles. The van der Waals surface area contributed by atoms with Crippen LogP contribution in [0.15, 0.2) is 36.4 Å². The van der Waals surface area contributed by atoms with Crippen molar-refractivity contribution in [2.75, 3.05) is 33.3 Å². The Labute approximate surface area is 168 Å². The molecule has 1 N–H and O–H groups in total. The number of nitrogens with one attached hydrogen (secondary N) is 1. The van der Waals surface area contributed by atoms with Gasteiger partial charge in [-0.05, 0) is 42.3 Å². The molecule has 0 unspecified atom stereocenters. The van der Waals surface area contributed by atoms with Crippen molar-refractivity contribution in [1.82, 2.24) is 0 Å². The number of carbonyl (C=O) groups is 2. The van der Waals surface area contributed by atoms with Crippen molar-refractivity contribution in [2.24, 2.45) is 0 Å². The van der Waals surface area contributed by atoms with Crippen LogP contribution >= 0.6 is 11.6 Å². The number of methoxy groups -OCH3 is 3. The van der Waals surface area contributed by atoms with E-state index >= 15 is 0 Å². The maximum absolute atomic E-state index is 11.9. The van der Waals surface area contributed by atoms with E-state index in [2.05, 4.69) is 5.32 Å². The van der Waals surface area contributed by atoms with E-state index < -0.39 is 11.9 Å². The van der Waals surface area contributed by atoms with Crippen molar-refractivity contribution in [3.8, 4) is 17.2 Å². The molecule has 0 heterocycles. The van der Waals surface area contributed by atoms with Crippen LogP contribution in [0.5, 0.6) is 17.2 Å². The van der Waals surface area contributed by atoms with Gasteiger partial charge in [0.1, 0.15) is 17.2 Å². The van der Waals surface area contributed by atoms with Crippen LogP contribution in [-0.2, 0) is 20.7 Å². The number of rotatable bonds is 9. The van der Waals surface area contributed by atoms with Gasteiger partial charge in [0.15, 0.2) is 6.61 Å². The first-order valence-corrected chi connectivity index (χ1v) is 8.84. The molecule has 0 bridgehead atoms. The number of benzene rings is 2. The summed E-state index contributed by atoms with van der Waals surface area (Å²) in [6.45, 7) is -0.385. The highest BCUT2D eigenvalue weighted by molar-refractivity contribution is 6.32. The molecule has 2 aromatic carbocycles. The van der Waals surface area contributed by atoms with E-state index in [0.29, 0.717) is 34.4 Å². The Hall–Kier alpha value is -2.93. The summed E-state index contributed by atoms with van der Waals surface area (Å²) in [4.78, 5) is 23.8. The van der Waals surface area contributed by atoms with Gasteiger partial charge in [-0.2, -0.15) is 0 Å². The SMILES string of the molecule is COc1cc(CCC(=O)OCC(=O)Nc2ccc(OC)c(Cl)c2)cc(OC)c1. The number of halogens is 1. The van der Waals surface area contributed by atoms with E-state index in [0.717, 1.165) is 5.56 Å². The summed E-state index contributed by atoms with van der Waals surface area (Å²) in [6.07, 6.45) is 0.556. The van der Waals surface area contributed by atoms with Gasteiger partial charge in [-0.1, -0.05) is 11.6 Å². The first-order chi connectivity index (χ1) is 13.4. The maximum atomic E-state index is 11.9. The number of anilines is 1. The lowest BCUT2D eigenvalue weighted by Gasteiger charge is -2.10. The summed E-state index contributed by atoms with van der Waals surface area (Å²) in [7, 11) is 4.61. The van der Waals surface area contributed by atoms with Gasteiger partial charge in [0.2, 0.25) is 0 Å². The van der Waals surface area contributed by atoms with E-state index in [1.54, 1.807) is 38.5 Å². The standard InChI is InChI=1S/C20H22ClNO6/c1-25-15-8-13(9-16(11-15)26-2)4-7-20(24)28-12-19(23)22-14-5-6-18(27-3)17(21)10-14/h5-6,8-11H,4,7,12H2,1-3H3,(H,22,23). The number of esters is 1. The monoisotopic (exact) mass is 407 g/mol. The number of hydrogen-bond donors (Lipinski definition) is 1. The zero-order valence-electron chi connectivity index (χ0n) is 15.9. The third-order valence-corrected chi connectivity index (χ3v) is 4.12. The molecule has 0 radical (unpaired) electrons. The van der Waals surface area contributed by atoms with Crippen LogP contribution in [0.25, 0.3) is 0 Å². The largest absolute Gasteiger partial charge is 0.497 e. The fraction of sp³-hybridized carbons (Fsp3) is 0.300. The molecule has 7 nitrogen and oxygen atoms in total. The minimum atomic E-state index is -0.482. The van der Waals surface area contributed by atoms with Crippen molar-refractivity contribution in [3.63, 3.8) is 0 Å². The smallest absolute Gasteiger partial charge is 0.306 e. The molecule has 0 atom stereocenters. The molecule has 0 aliphatic carbocycles. The van der Waals surface area contributed by atoms with Gasteiger partial charge in [0.25, 0.3) is 5.91 Å². The highest BCUT2D eigenvalue weighted by Crippen LogP contribution is 2.27. The molecule has 28 heavy (non-hydrogen) atoms. The molecule has 1 amide bonds. The zero-order chi connectivity index (χ0) is 20.5. The lowest BCUT2D eigenvalue weighted by atomic mass is 10.1. The Balaban J connectivity index is 1.80. The zero-order valence-corrected chi connectivity index (χ0v) is 16.7. The van der Waals surface area contributed by atoms with Crippen molar-refractivity contribution >= 4 is 29.2 Å². The number of amides is 1. The Morgan fingerprint density at radius 3 is 2.21 bits per heavy atom. The highest BCUT2D eigenvalue weighted by atomic mass is 35.5. The fourth-order valence-electron chi connectivity index (χ4n) is 2.42. The molecule has 2 aromatic rings. The third-order valence-electron chi connectivity index (χ3n) is 3.83. The van der Waals surface area contributed by atoms with Gasteiger partial charge in [-0.3, -0.25) is 9.59 Å². The normalized spacial score (nSPS) is 10.1. The average Bonchev–Trinajstić information content (AvgIpc) is 2.70. The van der Waals surface area contributed by atoms with Crippen LogP contribution in [0.1, 0.15) is 12.0 Å². The second kappa shape index (κ2) is 10.4. The van der Waals surface area contributed by atoms with Gasteiger partial charge in [-0.15, -0.1) is 0 Å². The molecule has 0 aliphatic heterocycles. The molecule has 0 saturated carbocycles. The molecule has 0 fully saturated rings. The van der Waals surface area contributed by atoms with Crippen LogP contribution < -0.4 is 19.5 Å². The first kappa shape index (κ1) is 21.4. The minimum absolute atomic E-state index is 0.123. The Morgan fingerprint density at radius 2 is 1.64 bits per heavy atom. The summed E-state index contributed by atoms with van der Waals surface area (Å²) in [5.74, 6) is 0.836. The predicted octanol–water partition coefficient (Wildman–Crippen LogP) is 3.48. The Morgan fingerprint density at radius 1 is 0.964 bits per heavy atom. The minimum Gasteiger partial charge on any atom is -0.497 e. The first-order valence-electron chi connectivity index (χ1n) is 8.46. The van der Waals surface area contributed by atoms with Crippen LogP contribution in [0.2, 0.25) is 5.02 Å². The summed E-state index contributed by atoms with van der Waals surface area (Å²) in [5.41, 5.74) is 1.35. The van der Waals surface area contributed by atoms with Crippen LogP contribution in [0.3, 0.4) is 0 Å². The summed E-state index contributed by atoms with van der Waals surface area (Å²) < 4.78 is 20.5. The summed E-state index contributed by atoms with van der Waals surface area (Å²) in [6, 6.07) is 10.2. The maximum Gasteiger partial charge on any atom is 0.306 e. The van der Waals surface area contributed by atoms with Crippen molar-refractivity contribution in [1.29, 1.82) is 0 Å². The third kappa shape index (κ3) is 6.35. The molecule has 0 saturated heterocycles. The number of ether oxygens (including phenoxy) is 4. The lowest BCUT2D eigenvalue weighted by Crippen LogP contribution is -2.21. The van der Waals surface area contributed by atoms with E-state index in [1.807, 2.05) is 12.1 Å². The fourth-order valence-corrected chi connectivity index (χ4v) is 2.67. The van der Waals surface area contributed by atoms with Crippen molar-refractivity contribution in [2.45, 2.75) is 12.8 Å². The van der Waals surface area contributed by atoms with E-state index in [9.17, 15) is 9.59 Å². The van der Waals surface area contributed by atoms with Gasteiger partial charge >= 0.3 is 5.97 Å². The topological polar surface area (TPSA) is 83.1 Å². The lowest BCUT2D eigenvalue weighted by molar-refractivity contribution is -0.147. The van der Waals surface area contributed by atoms with Crippen LogP contribution in [0.4, 0.5) is 5.69 Å². The number of hydrogen-bond acceptors (Lipinski definition) is 6. The summed E-state index contributed by atoms with van der Waals surface area (Å²) >= 11 is 6.00. The molecule has 150 valence electrons.